The predicted octanol–water partition coefficient (Wildman–Crippen LogP) is 0.522. The summed E-state index contributed by atoms with van der Waals surface area (Å²) >= 11 is 0. The van der Waals surface area contributed by atoms with E-state index in [-0.39, 0.29) is 0 Å². The summed E-state index contributed by atoms with van der Waals surface area (Å²) in [5, 5.41) is 14.6. The zero-order valence-corrected chi connectivity index (χ0v) is 7.86. The van der Waals surface area contributed by atoms with Gasteiger partial charge in [0.1, 0.15) is 0 Å². The molecule has 1 fully saturated rings. The minimum atomic E-state index is -0.879. The van der Waals surface area contributed by atoms with Gasteiger partial charge in [-0.2, -0.15) is 0 Å². The maximum absolute atomic E-state index is 10.2. The summed E-state index contributed by atoms with van der Waals surface area (Å²) in [6, 6.07) is 8.30. The predicted molar refractivity (Wildman–Crippen MR) is 54.3 cm³/mol. The van der Waals surface area contributed by atoms with Gasteiger partial charge in [-0.3, -0.25) is 0 Å². The van der Waals surface area contributed by atoms with Crippen LogP contribution in [0.4, 0.5) is 0 Å². The third-order valence-electron chi connectivity index (χ3n) is 1.75. The third kappa shape index (κ3) is 4.02. The fourth-order valence-corrected chi connectivity index (χ4v) is 1.02. The van der Waals surface area contributed by atoms with E-state index in [1.54, 1.807) is 30.3 Å². The van der Waals surface area contributed by atoms with Gasteiger partial charge in [-0.05, 0) is 12.1 Å². The van der Waals surface area contributed by atoms with Crippen molar-refractivity contribution >= 4 is 5.97 Å². The lowest BCUT2D eigenvalue weighted by Gasteiger charge is -1.88. The van der Waals surface area contributed by atoms with E-state index in [0.717, 1.165) is 19.8 Å². The maximum atomic E-state index is 10.2. The summed E-state index contributed by atoms with van der Waals surface area (Å²) in [7, 11) is 0. The Hall–Kier alpha value is -1.39. The van der Waals surface area contributed by atoms with Crippen LogP contribution in [-0.2, 0) is 0 Å². The Morgan fingerprint density at radius 2 is 1.71 bits per heavy atom. The number of carboxylic acid groups (broad SMARTS) is 1. The molecule has 14 heavy (non-hydrogen) atoms. The first kappa shape index (κ1) is 10.7. The van der Waals surface area contributed by atoms with Crippen LogP contribution >= 0.6 is 0 Å². The second-order valence-corrected chi connectivity index (χ2v) is 2.85. The number of aromatic carboxylic acids is 1. The van der Waals surface area contributed by atoms with Gasteiger partial charge >= 0.3 is 5.97 Å². The highest BCUT2D eigenvalue weighted by Crippen LogP contribution is 1.96. The topological polar surface area (TPSA) is 61.4 Å². The molecule has 0 amide bonds. The number of carbonyl (C=O) groups is 1. The molecule has 0 saturated carbocycles. The molecule has 4 heteroatoms. The average Bonchev–Trinajstić information content (AvgIpc) is 2.77. The summed E-state index contributed by atoms with van der Waals surface area (Å²) in [6.07, 6.45) is 0. The highest BCUT2D eigenvalue weighted by atomic mass is 16.4. The van der Waals surface area contributed by atoms with Crippen molar-refractivity contribution in [2.75, 3.05) is 19.8 Å². The second kappa shape index (κ2) is 6.12. The summed E-state index contributed by atoms with van der Waals surface area (Å²) in [5.41, 5.74) is 0.331. The van der Waals surface area contributed by atoms with Crippen molar-refractivity contribution in [1.82, 2.24) is 10.6 Å². The van der Waals surface area contributed by atoms with Crippen molar-refractivity contribution in [3.05, 3.63) is 35.9 Å². The van der Waals surface area contributed by atoms with Crippen molar-refractivity contribution in [2.45, 2.75) is 0 Å². The molecule has 0 atom stereocenters. The molecule has 2 rings (SSSR count). The van der Waals surface area contributed by atoms with Crippen LogP contribution in [-0.4, -0.2) is 30.8 Å². The Morgan fingerprint density at radius 3 is 2.00 bits per heavy atom. The molecular formula is C10H14N2O2. The SMILES string of the molecule is C1CNCN1.O=C(O)c1ccccc1. The summed E-state index contributed by atoms with van der Waals surface area (Å²) in [4.78, 5) is 10.2. The Morgan fingerprint density at radius 1 is 1.14 bits per heavy atom. The molecule has 0 spiro atoms. The summed E-state index contributed by atoms with van der Waals surface area (Å²) in [6.45, 7) is 3.28. The minimum absolute atomic E-state index is 0.331. The molecule has 0 aliphatic carbocycles. The molecule has 1 aromatic carbocycles. The van der Waals surface area contributed by atoms with E-state index in [1.807, 2.05) is 0 Å². The molecular weight excluding hydrogens is 180 g/mol. The lowest BCUT2D eigenvalue weighted by Crippen LogP contribution is -2.11. The third-order valence-corrected chi connectivity index (χ3v) is 1.75. The van der Waals surface area contributed by atoms with Crippen LogP contribution < -0.4 is 10.6 Å². The van der Waals surface area contributed by atoms with Crippen molar-refractivity contribution in [3.8, 4) is 0 Å². The highest BCUT2D eigenvalue weighted by Gasteiger charge is 1.96. The van der Waals surface area contributed by atoms with Crippen LogP contribution in [0.1, 0.15) is 10.4 Å². The maximum Gasteiger partial charge on any atom is 0.335 e. The van der Waals surface area contributed by atoms with E-state index in [2.05, 4.69) is 10.6 Å². The van der Waals surface area contributed by atoms with Gasteiger partial charge < -0.3 is 15.7 Å². The number of hydrogen-bond donors (Lipinski definition) is 3. The molecule has 1 saturated heterocycles. The van der Waals surface area contributed by atoms with Crippen LogP contribution in [0.2, 0.25) is 0 Å². The second-order valence-electron chi connectivity index (χ2n) is 2.85. The Kier molecular flexibility index (Phi) is 4.68. The zero-order valence-electron chi connectivity index (χ0n) is 7.86. The normalized spacial score (nSPS) is 14.3. The first-order chi connectivity index (χ1) is 6.80. The lowest BCUT2D eigenvalue weighted by atomic mass is 10.2. The number of benzene rings is 1. The van der Waals surface area contributed by atoms with Crippen molar-refractivity contribution in [3.63, 3.8) is 0 Å². The molecule has 1 heterocycles. The summed E-state index contributed by atoms with van der Waals surface area (Å²) < 4.78 is 0. The van der Waals surface area contributed by atoms with Crippen molar-refractivity contribution in [1.29, 1.82) is 0 Å². The smallest absolute Gasteiger partial charge is 0.335 e. The van der Waals surface area contributed by atoms with Crippen LogP contribution in [0, 0.1) is 0 Å². The Labute approximate surface area is 82.9 Å². The molecule has 1 aliphatic heterocycles. The lowest BCUT2D eigenvalue weighted by molar-refractivity contribution is 0.0697. The molecule has 76 valence electrons. The van der Waals surface area contributed by atoms with Gasteiger partial charge in [0.15, 0.2) is 0 Å². The highest BCUT2D eigenvalue weighted by molar-refractivity contribution is 5.87. The quantitative estimate of drug-likeness (QED) is 0.610. The Balaban J connectivity index is 0.000000165. The molecule has 1 aliphatic rings. The Bertz CT molecular complexity index is 263. The van der Waals surface area contributed by atoms with Crippen LogP contribution in [0.3, 0.4) is 0 Å². The zero-order chi connectivity index (χ0) is 10.2. The van der Waals surface area contributed by atoms with Gasteiger partial charge in [0.2, 0.25) is 0 Å². The molecule has 0 radical (unpaired) electrons. The van der Waals surface area contributed by atoms with E-state index >= 15 is 0 Å². The van der Waals surface area contributed by atoms with Gasteiger partial charge in [-0.1, -0.05) is 18.2 Å². The molecule has 0 unspecified atom stereocenters. The minimum Gasteiger partial charge on any atom is -0.478 e. The van der Waals surface area contributed by atoms with Crippen LogP contribution in [0.15, 0.2) is 30.3 Å². The first-order valence-electron chi connectivity index (χ1n) is 4.50. The van der Waals surface area contributed by atoms with E-state index in [4.69, 9.17) is 5.11 Å². The van der Waals surface area contributed by atoms with Gasteiger partial charge in [0.05, 0.1) is 5.56 Å². The molecule has 4 nitrogen and oxygen atoms in total. The number of nitrogens with one attached hydrogen (secondary N) is 2. The number of hydrogen-bond acceptors (Lipinski definition) is 3. The van der Waals surface area contributed by atoms with E-state index < -0.39 is 5.97 Å². The van der Waals surface area contributed by atoms with Crippen LogP contribution in [0.25, 0.3) is 0 Å². The molecule has 3 N–H and O–H groups in total. The monoisotopic (exact) mass is 194 g/mol. The van der Waals surface area contributed by atoms with Gasteiger partial charge in [-0.25, -0.2) is 4.79 Å². The van der Waals surface area contributed by atoms with E-state index in [9.17, 15) is 4.79 Å². The molecule has 0 bridgehead atoms. The summed E-state index contributed by atoms with van der Waals surface area (Å²) in [5.74, 6) is -0.879. The van der Waals surface area contributed by atoms with Crippen molar-refractivity contribution in [2.24, 2.45) is 0 Å². The van der Waals surface area contributed by atoms with Gasteiger partial charge in [0.25, 0.3) is 0 Å². The number of rotatable bonds is 1. The van der Waals surface area contributed by atoms with E-state index in [0.29, 0.717) is 5.56 Å². The van der Waals surface area contributed by atoms with Gasteiger partial charge in [0, 0.05) is 19.8 Å². The van der Waals surface area contributed by atoms with Crippen LogP contribution in [0.5, 0.6) is 0 Å². The fourth-order valence-electron chi connectivity index (χ4n) is 1.02. The molecule has 0 aromatic heterocycles. The largest absolute Gasteiger partial charge is 0.478 e. The standard InChI is InChI=1S/C7H6O2.C3H8N2/c8-7(9)6-4-2-1-3-5-6;1-2-5-3-4-1/h1-5H,(H,8,9);4-5H,1-3H2. The fraction of sp³-hybridized carbons (Fsp3) is 0.300. The molecule has 1 aromatic rings. The van der Waals surface area contributed by atoms with E-state index in [1.165, 1.54) is 0 Å². The van der Waals surface area contributed by atoms with Crippen molar-refractivity contribution < 1.29 is 9.90 Å². The average molecular weight is 194 g/mol. The van der Waals surface area contributed by atoms with Gasteiger partial charge in [-0.15, -0.1) is 0 Å². The first-order valence-corrected chi connectivity index (χ1v) is 4.50. The number of carboxylic acids is 1.